The number of carbonyl (C=O) groups is 1. The van der Waals surface area contributed by atoms with Gasteiger partial charge in [0.2, 0.25) is 5.91 Å². The quantitative estimate of drug-likeness (QED) is 0.818. The van der Waals surface area contributed by atoms with Crippen molar-refractivity contribution in [3.8, 4) is 5.75 Å². The van der Waals surface area contributed by atoms with Crippen LogP contribution in [0.4, 0.5) is 0 Å². The molecule has 6 heteroatoms. The average molecular weight is 364 g/mol. The zero-order valence-corrected chi connectivity index (χ0v) is 13.7. The summed E-state index contributed by atoms with van der Waals surface area (Å²) in [5, 5.41) is 0. The highest BCUT2D eigenvalue weighted by molar-refractivity contribution is 9.10. The van der Waals surface area contributed by atoms with Gasteiger partial charge in [-0.2, -0.15) is 0 Å². The van der Waals surface area contributed by atoms with Gasteiger partial charge < -0.3 is 15.4 Å². The van der Waals surface area contributed by atoms with Crippen LogP contribution in [0.1, 0.15) is 19.3 Å². The van der Waals surface area contributed by atoms with Gasteiger partial charge in [-0.3, -0.25) is 4.79 Å². The van der Waals surface area contributed by atoms with Crippen LogP contribution in [0.5, 0.6) is 5.75 Å². The molecule has 1 aromatic rings. The molecule has 2 N–H and O–H groups in total. The molecule has 2 rings (SSSR count). The normalized spacial score (nSPS) is 17.7. The van der Waals surface area contributed by atoms with Crippen molar-refractivity contribution in [3.05, 3.63) is 28.7 Å². The summed E-state index contributed by atoms with van der Waals surface area (Å²) in [6, 6.07) is 7.86. The second-order valence-corrected chi connectivity index (χ2v) is 5.71. The monoisotopic (exact) mass is 362 g/mol. The summed E-state index contributed by atoms with van der Waals surface area (Å²) in [4.78, 5) is 13.7. The highest BCUT2D eigenvalue weighted by Crippen LogP contribution is 2.18. The van der Waals surface area contributed by atoms with E-state index in [1.54, 1.807) is 0 Å². The first-order chi connectivity index (χ1) is 9.15. The topological polar surface area (TPSA) is 55.6 Å². The second kappa shape index (κ2) is 8.49. The van der Waals surface area contributed by atoms with Crippen LogP contribution >= 0.6 is 28.3 Å². The fourth-order valence-corrected chi connectivity index (χ4v) is 2.52. The Morgan fingerprint density at radius 1 is 1.50 bits per heavy atom. The fraction of sp³-hybridized carbons (Fsp3) is 0.500. The molecule has 1 atom stereocenters. The van der Waals surface area contributed by atoms with Gasteiger partial charge in [0.25, 0.3) is 0 Å². The number of hydrogen-bond acceptors (Lipinski definition) is 3. The summed E-state index contributed by atoms with van der Waals surface area (Å²) in [6.45, 7) is 2.06. The third-order valence-corrected chi connectivity index (χ3v) is 3.67. The third kappa shape index (κ3) is 5.31. The first-order valence-electron chi connectivity index (χ1n) is 6.57. The molecule has 0 radical (unpaired) electrons. The van der Waals surface area contributed by atoms with Crippen molar-refractivity contribution in [3.63, 3.8) is 0 Å². The van der Waals surface area contributed by atoms with Crippen molar-refractivity contribution in [2.75, 3.05) is 19.7 Å². The number of likely N-dealkylation sites (tertiary alicyclic amines) is 1. The van der Waals surface area contributed by atoms with E-state index in [4.69, 9.17) is 10.5 Å². The molecule has 0 aliphatic carbocycles. The molecule has 1 saturated heterocycles. The van der Waals surface area contributed by atoms with Crippen LogP contribution in [-0.2, 0) is 4.79 Å². The van der Waals surface area contributed by atoms with Crippen molar-refractivity contribution < 1.29 is 9.53 Å². The minimum atomic E-state index is 0. The Morgan fingerprint density at radius 3 is 2.95 bits per heavy atom. The van der Waals surface area contributed by atoms with E-state index in [0.29, 0.717) is 19.6 Å². The molecule has 112 valence electrons. The lowest BCUT2D eigenvalue weighted by Crippen LogP contribution is -2.31. The smallest absolute Gasteiger partial charge is 0.222 e. The number of rotatable bonds is 5. The van der Waals surface area contributed by atoms with Gasteiger partial charge in [0.15, 0.2) is 0 Å². The molecule has 0 bridgehead atoms. The Labute approximate surface area is 134 Å². The van der Waals surface area contributed by atoms with Crippen LogP contribution in [0, 0.1) is 0 Å². The van der Waals surface area contributed by atoms with E-state index in [1.165, 1.54) is 0 Å². The Morgan fingerprint density at radius 2 is 2.30 bits per heavy atom. The van der Waals surface area contributed by atoms with E-state index in [2.05, 4.69) is 15.9 Å². The molecule has 1 aliphatic rings. The highest BCUT2D eigenvalue weighted by atomic mass is 79.9. The number of ether oxygens (including phenoxy) is 1. The van der Waals surface area contributed by atoms with E-state index in [9.17, 15) is 4.79 Å². The van der Waals surface area contributed by atoms with Crippen molar-refractivity contribution in [1.82, 2.24) is 4.90 Å². The SMILES string of the molecule is Cl.N[C@@H]1CCN(C(=O)CCCOc2cccc(Br)c2)C1. The summed E-state index contributed by atoms with van der Waals surface area (Å²) in [5.74, 6) is 1.01. The van der Waals surface area contributed by atoms with Gasteiger partial charge in [0, 0.05) is 30.0 Å². The van der Waals surface area contributed by atoms with Gasteiger partial charge >= 0.3 is 0 Å². The Balaban J connectivity index is 0.00000200. The maximum atomic E-state index is 11.9. The molecule has 1 heterocycles. The van der Waals surface area contributed by atoms with Gasteiger partial charge in [0.05, 0.1) is 6.61 Å². The van der Waals surface area contributed by atoms with E-state index >= 15 is 0 Å². The maximum absolute atomic E-state index is 11.9. The molecule has 1 fully saturated rings. The van der Waals surface area contributed by atoms with E-state index in [1.807, 2.05) is 29.2 Å². The predicted octanol–water partition coefficient (Wildman–Crippen LogP) is 2.59. The molecule has 0 saturated carbocycles. The van der Waals surface area contributed by atoms with Crippen LogP contribution < -0.4 is 10.5 Å². The number of nitrogens with zero attached hydrogens (tertiary/aromatic N) is 1. The Hall–Kier alpha value is -0.780. The molecule has 0 spiro atoms. The van der Waals surface area contributed by atoms with Crippen molar-refractivity contribution in [2.24, 2.45) is 5.73 Å². The van der Waals surface area contributed by atoms with E-state index < -0.39 is 0 Å². The first kappa shape index (κ1) is 17.3. The lowest BCUT2D eigenvalue weighted by atomic mass is 10.3. The number of halogens is 2. The van der Waals surface area contributed by atoms with E-state index in [-0.39, 0.29) is 24.4 Å². The molecule has 20 heavy (non-hydrogen) atoms. The first-order valence-corrected chi connectivity index (χ1v) is 7.36. The van der Waals surface area contributed by atoms with Crippen LogP contribution in [0.2, 0.25) is 0 Å². The minimum Gasteiger partial charge on any atom is -0.494 e. The van der Waals surface area contributed by atoms with Gasteiger partial charge in [0.1, 0.15) is 5.75 Å². The van der Waals surface area contributed by atoms with Gasteiger partial charge in [-0.05, 0) is 31.0 Å². The van der Waals surface area contributed by atoms with Crippen molar-refractivity contribution in [2.45, 2.75) is 25.3 Å². The summed E-state index contributed by atoms with van der Waals surface area (Å²) in [6.07, 6.45) is 2.18. The molecular formula is C14H20BrClN2O2. The predicted molar refractivity (Wildman–Crippen MR) is 85.3 cm³/mol. The number of carbonyl (C=O) groups excluding carboxylic acids is 1. The number of benzene rings is 1. The Kier molecular flexibility index (Phi) is 7.34. The Bertz CT molecular complexity index is 445. The zero-order valence-electron chi connectivity index (χ0n) is 11.3. The second-order valence-electron chi connectivity index (χ2n) is 4.80. The lowest BCUT2D eigenvalue weighted by molar-refractivity contribution is -0.130. The lowest BCUT2D eigenvalue weighted by Gasteiger charge is -2.15. The summed E-state index contributed by atoms with van der Waals surface area (Å²) in [5.41, 5.74) is 5.78. The van der Waals surface area contributed by atoms with Crippen LogP contribution in [0.3, 0.4) is 0 Å². The molecule has 1 amide bonds. The summed E-state index contributed by atoms with van der Waals surface area (Å²) < 4.78 is 6.59. The van der Waals surface area contributed by atoms with Crippen LogP contribution in [0.15, 0.2) is 28.7 Å². The largest absolute Gasteiger partial charge is 0.494 e. The van der Waals surface area contributed by atoms with E-state index in [0.717, 1.165) is 29.6 Å². The highest BCUT2D eigenvalue weighted by Gasteiger charge is 2.22. The van der Waals surface area contributed by atoms with Crippen molar-refractivity contribution in [1.29, 1.82) is 0 Å². The molecule has 1 aliphatic heterocycles. The van der Waals surface area contributed by atoms with Crippen molar-refractivity contribution >= 4 is 34.2 Å². The summed E-state index contributed by atoms with van der Waals surface area (Å²) in [7, 11) is 0. The van der Waals surface area contributed by atoms with Gasteiger partial charge in [-0.15, -0.1) is 12.4 Å². The number of nitrogens with two attached hydrogens (primary N) is 1. The fourth-order valence-electron chi connectivity index (χ4n) is 2.14. The van der Waals surface area contributed by atoms with Crippen LogP contribution in [-0.4, -0.2) is 36.5 Å². The number of amides is 1. The summed E-state index contributed by atoms with van der Waals surface area (Å²) >= 11 is 3.39. The molecule has 0 unspecified atom stereocenters. The molecule has 4 nitrogen and oxygen atoms in total. The minimum absolute atomic E-state index is 0. The van der Waals surface area contributed by atoms with Gasteiger partial charge in [-0.1, -0.05) is 22.0 Å². The zero-order chi connectivity index (χ0) is 13.7. The third-order valence-electron chi connectivity index (χ3n) is 3.18. The standard InChI is InChI=1S/C14H19BrN2O2.ClH/c15-11-3-1-4-13(9-11)19-8-2-5-14(18)17-7-6-12(16)10-17;/h1,3-4,9,12H,2,5-8,10,16H2;1H/t12-;/m1./s1. The number of hydrogen-bond donors (Lipinski definition) is 1. The average Bonchev–Trinajstić information content (AvgIpc) is 2.81. The van der Waals surface area contributed by atoms with Gasteiger partial charge in [-0.25, -0.2) is 0 Å². The van der Waals surface area contributed by atoms with Crippen LogP contribution in [0.25, 0.3) is 0 Å². The molecule has 0 aromatic heterocycles. The molecule has 1 aromatic carbocycles. The molecular weight excluding hydrogens is 344 g/mol. The maximum Gasteiger partial charge on any atom is 0.222 e.